The highest BCUT2D eigenvalue weighted by molar-refractivity contribution is 5.93. The maximum Gasteiger partial charge on any atom is 0.413 e. The second-order valence-electron chi connectivity index (χ2n) is 6.46. The van der Waals surface area contributed by atoms with Crippen LogP contribution in [0.15, 0.2) is 43.0 Å². The Morgan fingerprint density at radius 1 is 1.17 bits per heavy atom. The Hall–Kier alpha value is -3.12. The van der Waals surface area contributed by atoms with Gasteiger partial charge in [0.25, 0.3) is 0 Å². The van der Waals surface area contributed by atoms with Gasteiger partial charge in [0.1, 0.15) is 31.2 Å². The molecule has 29 heavy (non-hydrogen) atoms. The maximum atomic E-state index is 12.1. The molecule has 1 aliphatic heterocycles. The number of amides is 1. The van der Waals surface area contributed by atoms with Crippen LogP contribution in [0.2, 0.25) is 0 Å². The van der Waals surface area contributed by atoms with Crippen molar-refractivity contribution in [1.82, 2.24) is 19.5 Å². The van der Waals surface area contributed by atoms with Crippen LogP contribution in [0.25, 0.3) is 11.2 Å². The first kappa shape index (κ1) is 19.2. The third-order valence-corrected chi connectivity index (χ3v) is 4.58. The molecule has 11 heteroatoms. The van der Waals surface area contributed by atoms with E-state index in [1.165, 1.54) is 17.2 Å². The van der Waals surface area contributed by atoms with Crippen molar-refractivity contribution in [1.29, 1.82) is 0 Å². The molecule has 1 aliphatic rings. The minimum absolute atomic E-state index is 0.0951. The quantitative estimate of drug-likeness (QED) is 0.469. The summed E-state index contributed by atoms with van der Waals surface area (Å²) in [5.41, 5.74) is 1.36. The number of aromatic nitrogens is 4. The fourth-order valence-electron chi connectivity index (χ4n) is 3.10. The second-order valence-corrected chi connectivity index (χ2v) is 6.46. The molecule has 2 aromatic heterocycles. The first-order valence-electron chi connectivity index (χ1n) is 8.86. The molecule has 11 nitrogen and oxygen atoms in total. The number of carbonyl (C=O) groups excluding carboxylic acids is 1. The molecule has 1 amide bonds. The average Bonchev–Trinajstić information content (AvgIpc) is 3.29. The number of hydrogen-bond acceptors (Lipinski definition) is 9. The molecule has 4 N–H and O–H groups in total. The van der Waals surface area contributed by atoms with Crippen molar-refractivity contribution < 1.29 is 29.6 Å². The molecule has 1 fully saturated rings. The van der Waals surface area contributed by atoms with E-state index in [4.69, 9.17) is 9.47 Å². The van der Waals surface area contributed by atoms with E-state index in [1.54, 1.807) is 0 Å². The number of rotatable bonds is 5. The summed E-state index contributed by atoms with van der Waals surface area (Å²) in [5, 5.41) is 31.9. The van der Waals surface area contributed by atoms with Gasteiger partial charge in [-0.25, -0.2) is 19.7 Å². The van der Waals surface area contributed by atoms with E-state index in [1.807, 2.05) is 30.3 Å². The van der Waals surface area contributed by atoms with Crippen LogP contribution in [0, 0.1) is 0 Å². The topological polar surface area (TPSA) is 152 Å². The third kappa shape index (κ3) is 3.76. The normalized spacial score (nSPS) is 24.0. The van der Waals surface area contributed by atoms with Crippen LogP contribution < -0.4 is 5.32 Å². The second kappa shape index (κ2) is 8.09. The van der Waals surface area contributed by atoms with E-state index >= 15 is 0 Å². The van der Waals surface area contributed by atoms with Crippen LogP contribution in [0.3, 0.4) is 0 Å². The number of benzene rings is 1. The van der Waals surface area contributed by atoms with Crippen molar-refractivity contribution in [2.45, 2.75) is 31.1 Å². The Morgan fingerprint density at radius 3 is 2.69 bits per heavy atom. The number of fused-ring (bicyclic) bond motifs is 1. The maximum absolute atomic E-state index is 12.1. The van der Waals surface area contributed by atoms with Gasteiger partial charge in [-0.1, -0.05) is 30.3 Å². The largest absolute Gasteiger partial charge is 0.444 e. The van der Waals surface area contributed by atoms with E-state index in [2.05, 4.69) is 20.3 Å². The van der Waals surface area contributed by atoms with Crippen molar-refractivity contribution in [2.24, 2.45) is 0 Å². The number of imidazole rings is 1. The van der Waals surface area contributed by atoms with Crippen molar-refractivity contribution in [3.8, 4) is 0 Å². The van der Waals surface area contributed by atoms with E-state index in [-0.39, 0.29) is 23.6 Å². The van der Waals surface area contributed by atoms with Gasteiger partial charge < -0.3 is 24.8 Å². The molecule has 0 aliphatic carbocycles. The number of hydrogen-bond donors (Lipinski definition) is 4. The van der Waals surface area contributed by atoms with Crippen molar-refractivity contribution in [2.75, 3.05) is 11.9 Å². The predicted molar refractivity (Wildman–Crippen MR) is 98.6 cm³/mol. The zero-order chi connectivity index (χ0) is 20.4. The van der Waals surface area contributed by atoms with Gasteiger partial charge in [-0.05, 0) is 5.56 Å². The number of aliphatic hydroxyl groups is 3. The summed E-state index contributed by atoms with van der Waals surface area (Å²) < 4.78 is 12.1. The van der Waals surface area contributed by atoms with Crippen LogP contribution >= 0.6 is 0 Å². The molecule has 1 saturated heterocycles. The molecule has 0 bridgehead atoms. The van der Waals surface area contributed by atoms with E-state index in [9.17, 15) is 20.1 Å². The summed E-state index contributed by atoms with van der Waals surface area (Å²) in [6, 6.07) is 9.21. The van der Waals surface area contributed by atoms with Gasteiger partial charge in [0.15, 0.2) is 23.2 Å². The minimum Gasteiger partial charge on any atom is -0.444 e. The highest BCUT2D eigenvalue weighted by Gasteiger charge is 2.44. The number of nitrogens with zero attached hydrogens (tertiary/aromatic N) is 4. The lowest BCUT2D eigenvalue weighted by Gasteiger charge is -2.16. The SMILES string of the molecule is O=C(Nc1ncnc2c1ncn2[C@@H]1O[C@H](CO)[C@@H](O)[C@H]1O)OCc1ccccc1. The Morgan fingerprint density at radius 2 is 1.97 bits per heavy atom. The van der Waals surface area contributed by atoms with Gasteiger partial charge in [-0.3, -0.25) is 9.88 Å². The summed E-state index contributed by atoms with van der Waals surface area (Å²) in [6.07, 6.45) is -2.62. The van der Waals surface area contributed by atoms with Gasteiger partial charge >= 0.3 is 6.09 Å². The summed E-state index contributed by atoms with van der Waals surface area (Å²) in [4.78, 5) is 24.4. The molecule has 0 unspecified atom stereocenters. The Balaban J connectivity index is 1.51. The van der Waals surface area contributed by atoms with Crippen molar-refractivity contribution >= 4 is 23.1 Å². The smallest absolute Gasteiger partial charge is 0.413 e. The first-order valence-corrected chi connectivity index (χ1v) is 8.86. The van der Waals surface area contributed by atoms with Crippen LogP contribution in [0.4, 0.5) is 10.6 Å². The van der Waals surface area contributed by atoms with Crippen LogP contribution in [0.5, 0.6) is 0 Å². The summed E-state index contributed by atoms with van der Waals surface area (Å²) in [7, 11) is 0. The standard InChI is InChI=1S/C18H19N5O6/c24-6-11-13(25)14(26)17(29-11)23-9-21-12-15(19-8-20-16(12)23)22-18(27)28-7-10-4-2-1-3-5-10/h1-5,8-9,11,13-14,17,24-26H,6-7H2,(H,19,20,22,27)/t11-,13-,14-,17-/m1/s1. The van der Waals surface area contributed by atoms with Crippen LogP contribution in [-0.4, -0.2) is 65.9 Å². The van der Waals surface area contributed by atoms with E-state index < -0.39 is 37.2 Å². The molecule has 3 heterocycles. The fourth-order valence-corrected chi connectivity index (χ4v) is 3.10. The molecular weight excluding hydrogens is 382 g/mol. The fraction of sp³-hybridized carbons (Fsp3) is 0.333. The van der Waals surface area contributed by atoms with E-state index in [0.29, 0.717) is 0 Å². The number of anilines is 1. The molecule has 3 aromatic rings. The summed E-state index contributed by atoms with van der Waals surface area (Å²) in [5.74, 6) is 0.124. The van der Waals surface area contributed by atoms with Gasteiger partial charge in [0.2, 0.25) is 0 Å². The van der Waals surface area contributed by atoms with Crippen LogP contribution in [0.1, 0.15) is 11.8 Å². The van der Waals surface area contributed by atoms with Crippen molar-refractivity contribution in [3.63, 3.8) is 0 Å². The lowest BCUT2D eigenvalue weighted by atomic mass is 10.1. The number of carbonyl (C=O) groups is 1. The Bertz CT molecular complexity index is 997. The zero-order valence-electron chi connectivity index (χ0n) is 15.1. The summed E-state index contributed by atoms with van der Waals surface area (Å²) in [6.45, 7) is -0.353. The first-order chi connectivity index (χ1) is 14.1. The van der Waals surface area contributed by atoms with Gasteiger partial charge in [0, 0.05) is 0 Å². The molecule has 4 atom stereocenters. The van der Waals surface area contributed by atoms with Crippen molar-refractivity contribution in [3.05, 3.63) is 48.5 Å². The monoisotopic (exact) mass is 401 g/mol. The Kier molecular flexibility index (Phi) is 5.36. The number of nitrogens with one attached hydrogen (secondary N) is 1. The Labute approximate surface area is 164 Å². The lowest BCUT2D eigenvalue weighted by molar-refractivity contribution is -0.0511. The summed E-state index contributed by atoms with van der Waals surface area (Å²) >= 11 is 0. The van der Waals surface area contributed by atoms with Gasteiger partial charge in [-0.15, -0.1) is 0 Å². The molecule has 152 valence electrons. The van der Waals surface area contributed by atoms with Gasteiger partial charge in [-0.2, -0.15) is 0 Å². The number of aliphatic hydroxyl groups excluding tert-OH is 3. The predicted octanol–water partition coefficient (Wildman–Crippen LogP) is 0.186. The minimum atomic E-state index is -1.29. The molecule has 0 radical (unpaired) electrons. The van der Waals surface area contributed by atoms with E-state index in [0.717, 1.165) is 5.56 Å². The van der Waals surface area contributed by atoms with Crippen LogP contribution in [-0.2, 0) is 16.1 Å². The molecule has 0 saturated carbocycles. The molecule has 4 rings (SSSR count). The molecule has 1 aromatic carbocycles. The zero-order valence-corrected chi connectivity index (χ0v) is 15.1. The average molecular weight is 401 g/mol. The highest BCUT2D eigenvalue weighted by atomic mass is 16.6. The third-order valence-electron chi connectivity index (χ3n) is 4.58. The molecule has 0 spiro atoms. The highest BCUT2D eigenvalue weighted by Crippen LogP contribution is 2.32. The molecular formula is C18H19N5O6. The number of ether oxygens (including phenoxy) is 2. The van der Waals surface area contributed by atoms with Gasteiger partial charge in [0.05, 0.1) is 12.9 Å². The lowest BCUT2D eigenvalue weighted by Crippen LogP contribution is -2.33.